The van der Waals surface area contributed by atoms with E-state index in [1.165, 1.54) is 42.5 Å². The normalized spacial score (nSPS) is 12.1. The number of rotatable bonds is 6. The number of ether oxygens (including phenoxy) is 1. The lowest BCUT2D eigenvalue weighted by molar-refractivity contribution is -0.138. The lowest BCUT2D eigenvalue weighted by atomic mass is 10.0. The molecule has 2 nitrogen and oxygen atoms in total. The van der Waals surface area contributed by atoms with Crippen LogP contribution in [0.15, 0.2) is 48.5 Å². The van der Waals surface area contributed by atoms with Crippen molar-refractivity contribution in [2.45, 2.75) is 31.6 Å². The zero-order valence-corrected chi connectivity index (χ0v) is 13.4. The summed E-state index contributed by atoms with van der Waals surface area (Å²) in [4.78, 5) is 0. The van der Waals surface area contributed by atoms with Crippen molar-refractivity contribution in [3.05, 3.63) is 59.7 Å². The summed E-state index contributed by atoms with van der Waals surface area (Å²) in [5, 5.41) is 7.79. The summed E-state index contributed by atoms with van der Waals surface area (Å²) in [6.07, 6.45) is -10.0. The monoisotopic (exact) mass is 375 g/mol. The summed E-state index contributed by atoms with van der Waals surface area (Å²) in [7, 11) is 0. The van der Waals surface area contributed by atoms with Crippen molar-refractivity contribution in [1.29, 1.82) is 5.41 Å². The summed E-state index contributed by atoms with van der Waals surface area (Å²) < 4.78 is 80.4. The Morgan fingerprint density at radius 1 is 0.885 bits per heavy atom. The fourth-order valence-corrected chi connectivity index (χ4v) is 2.25. The van der Waals surface area contributed by atoms with Gasteiger partial charge >= 0.3 is 12.4 Å². The first-order valence-electron chi connectivity index (χ1n) is 7.65. The molecule has 0 saturated carbocycles. The number of hydrogen-bond donors (Lipinski definition) is 1. The first-order chi connectivity index (χ1) is 12.1. The van der Waals surface area contributed by atoms with Crippen LogP contribution in [0.1, 0.15) is 30.4 Å². The highest BCUT2D eigenvalue weighted by Crippen LogP contribution is 2.37. The number of para-hydroxylation sites is 1. The molecule has 8 heteroatoms. The zero-order valence-electron chi connectivity index (χ0n) is 13.4. The van der Waals surface area contributed by atoms with Gasteiger partial charge in [0.05, 0.1) is 5.56 Å². The molecule has 0 aromatic heterocycles. The van der Waals surface area contributed by atoms with Gasteiger partial charge in [0.25, 0.3) is 0 Å². The summed E-state index contributed by atoms with van der Waals surface area (Å²) in [6.45, 7) is 0. The van der Waals surface area contributed by atoms with Crippen molar-refractivity contribution in [2.24, 2.45) is 0 Å². The van der Waals surface area contributed by atoms with Crippen molar-refractivity contribution in [1.82, 2.24) is 0 Å². The lowest BCUT2D eigenvalue weighted by Crippen LogP contribution is -2.08. The molecule has 2 aromatic carbocycles. The van der Waals surface area contributed by atoms with Crippen LogP contribution in [0.25, 0.3) is 0 Å². The molecular formula is C18H15F6NO. The minimum Gasteiger partial charge on any atom is -0.457 e. The number of halogens is 6. The Bertz CT molecular complexity index is 750. The highest BCUT2D eigenvalue weighted by atomic mass is 19.4. The molecule has 0 aliphatic rings. The van der Waals surface area contributed by atoms with E-state index in [-0.39, 0.29) is 30.1 Å². The van der Waals surface area contributed by atoms with E-state index in [1.54, 1.807) is 0 Å². The molecule has 0 unspecified atom stereocenters. The van der Waals surface area contributed by atoms with Gasteiger partial charge in [0.2, 0.25) is 0 Å². The van der Waals surface area contributed by atoms with Crippen molar-refractivity contribution in [3.8, 4) is 11.5 Å². The van der Waals surface area contributed by atoms with E-state index in [2.05, 4.69) is 0 Å². The van der Waals surface area contributed by atoms with Gasteiger partial charge in [0.1, 0.15) is 11.5 Å². The molecule has 2 rings (SSSR count). The molecule has 0 aliphatic heterocycles. The Kier molecular flexibility index (Phi) is 5.94. The van der Waals surface area contributed by atoms with Crippen LogP contribution < -0.4 is 4.74 Å². The summed E-state index contributed by atoms with van der Waals surface area (Å²) in [6, 6.07) is 10.4. The Morgan fingerprint density at radius 2 is 1.50 bits per heavy atom. The average Bonchev–Trinajstić information content (AvgIpc) is 2.54. The first kappa shape index (κ1) is 19.8. The van der Waals surface area contributed by atoms with Gasteiger partial charge in [-0.05, 0) is 54.8 Å². The van der Waals surface area contributed by atoms with E-state index >= 15 is 0 Å². The van der Waals surface area contributed by atoms with Crippen LogP contribution in [-0.4, -0.2) is 11.9 Å². The molecule has 0 atom stereocenters. The van der Waals surface area contributed by atoms with Gasteiger partial charge in [-0.1, -0.05) is 12.1 Å². The Hall–Kier alpha value is -2.51. The van der Waals surface area contributed by atoms with Gasteiger partial charge in [-0.15, -0.1) is 0 Å². The molecule has 0 amide bonds. The molecule has 0 bridgehead atoms. The third-order valence-electron chi connectivity index (χ3n) is 3.51. The smallest absolute Gasteiger partial charge is 0.419 e. The molecule has 0 aliphatic carbocycles. The van der Waals surface area contributed by atoms with Crippen LogP contribution in [0.4, 0.5) is 26.3 Å². The van der Waals surface area contributed by atoms with Crippen LogP contribution in [0, 0.1) is 5.41 Å². The Labute approximate surface area is 145 Å². The molecule has 0 spiro atoms. The standard InChI is InChI=1S/C18H15F6NO/c19-17(20,21)11-3-5-15(25)12-7-9-13(10-8-12)26-16-6-2-1-4-14(16)18(22,23)24/h1-2,4,6-10,25H,3,5,11H2. The summed E-state index contributed by atoms with van der Waals surface area (Å²) >= 11 is 0. The van der Waals surface area contributed by atoms with Gasteiger partial charge in [0.15, 0.2) is 0 Å². The second-order valence-corrected chi connectivity index (χ2v) is 5.57. The van der Waals surface area contributed by atoms with E-state index in [9.17, 15) is 26.3 Å². The van der Waals surface area contributed by atoms with Gasteiger partial charge < -0.3 is 10.1 Å². The van der Waals surface area contributed by atoms with Gasteiger partial charge in [0, 0.05) is 12.1 Å². The van der Waals surface area contributed by atoms with Crippen LogP contribution in [0.2, 0.25) is 0 Å². The molecule has 140 valence electrons. The van der Waals surface area contributed by atoms with Gasteiger partial charge in [-0.3, -0.25) is 0 Å². The maximum atomic E-state index is 12.9. The van der Waals surface area contributed by atoms with Crippen LogP contribution in [0.5, 0.6) is 11.5 Å². The number of benzene rings is 2. The minimum atomic E-state index is -4.56. The summed E-state index contributed by atoms with van der Waals surface area (Å²) in [5.41, 5.74) is -0.496. The highest BCUT2D eigenvalue weighted by molar-refractivity contribution is 5.98. The van der Waals surface area contributed by atoms with E-state index < -0.39 is 24.3 Å². The fourth-order valence-electron chi connectivity index (χ4n) is 2.25. The third kappa shape index (κ3) is 5.79. The van der Waals surface area contributed by atoms with Crippen LogP contribution >= 0.6 is 0 Å². The van der Waals surface area contributed by atoms with Crippen LogP contribution in [0.3, 0.4) is 0 Å². The molecule has 0 radical (unpaired) electrons. The topological polar surface area (TPSA) is 33.1 Å². The minimum absolute atomic E-state index is 0.0245. The second kappa shape index (κ2) is 7.80. The molecule has 26 heavy (non-hydrogen) atoms. The second-order valence-electron chi connectivity index (χ2n) is 5.57. The predicted molar refractivity (Wildman–Crippen MR) is 84.7 cm³/mol. The van der Waals surface area contributed by atoms with E-state index in [0.717, 1.165) is 6.07 Å². The van der Waals surface area contributed by atoms with Crippen LogP contribution in [-0.2, 0) is 6.18 Å². The van der Waals surface area contributed by atoms with Gasteiger partial charge in [-0.25, -0.2) is 0 Å². The van der Waals surface area contributed by atoms with E-state index in [4.69, 9.17) is 10.1 Å². The van der Waals surface area contributed by atoms with Crippen molar-refractivity contribution in [2.75, 3.05) is 0 Å². The zero-order chi connectivity index (χ0) is 19.4. The van der Waals surface area contributed by atoms with E-state index in [1.807, 2.05) is 0 Å². The molecule has 1 N–H and O–H groups in total. The van der Waals surface area contributed by atoms with Crippen molar-refractivity contribution in [3.63, 3.8) is 0 Å². The van der Waals surface area contributed by atoms with Crippen molar-refractivity contribution >= 4 is 5.71 Å². The molecule has 0 heterocycles. The predicted octanol–water partition coefficient (Wildman–Crippen LogP) is 6.60. The maximum Gasteiger partial charge on any atom is 0.419 e. The van der Waals surface area contributed by atoms with Crippen molar-refractivity contribution < 1.29 is 31.1 Å². The molecular weight excluding hydrogens is 360 g/mol. The molecule has 0 saturated heterocycles. The number of hydrogen-bond acceptors (Lipinski definition) is 2. The third-order valence-corrected chi connectivity index (χ3v) is 3.51. The largest absolute Gasteiger partial charge is 0.457 e. The SMILES string of the molecule is N=C(CCCC(F)(F)F)c1ccc(Oc2ccccc2C(F)(F)F)cc1. The number of alkyl halides is 6. The van der Waals surface area contributed by atoms with Gasteiger partial charge in [-0.2, -0.15) is 26.3 Å². The average molecular weight is 375 g/mol. The Balaban J connectivity index is 2.03. The summed E-state index contributed by atoms with van der Waals surface area (Å²) in [5.74, 6) is -0.221. The van der Waals surface area contributed by atoms with E-state index in [0.29, 0.717) is 5.56 Å². The molecule has 0 fully saturated rings. The highest BCUT2D eigenvalue weighted by Gasteiger charge is 2.34. The fraction of sp³-hybridized carbons (Fsp3) is 0.278. The Morgan fingerprint density at radius 3 is 2.08 bits per heavy atom. The number of nitrogens with one attached hydrogen (secondary N) is 1. The maximum absolute atomic E-state index is 12.9. The first-order valence-corrected chi connectivity index (χ1v) is 7.65. The molecule has 2 aromatic rings. The quantitative estimate of drug-likeness (QED) is 0.448. The lowest BCUT2D eigenvalue weighted by Gasteiger charge is -2.13.